The van der Waals surface area contributed by atoms with Crippen LogP contribution < -0.4 is 5.32 Å². The third-order valence-electron chi connectivity index (χ3n) is 3.86. The van der Waals surface area contributed by atoms with E-state index in [0.29, 0.717) is 18.3 Å². The minimum absolute atomic E-state index is 0.0447. The largest absolute Gasteiger partial charge is 0.389 e. The number of amides is 1. The van der Waals surface area contributed by atoms with Crippen LogP contribution >= 0.6 is 0 Å². The van der Waals surface area contributed by atoms with Crippen LogP contribution in [0.4, 0.5) is 0 Å². The standard InChI is InChI=1S/C14H27NO3/c1-11(12-6-4-3-5-7-12)8-14(17)15-9-13(16)10-18-2/h11-13,16H,3-10H2,1-2H3,(H,15,17). The lowest BCUT2D eigenvalue weighted by atomic mass is 9.79. The van der Waals surface area contributed by atoms with Crippen molar-refractivity contribution in [3.05, 3.63) is 0 Å². The van der Waals surface area contributed by atoms with Crippen LogP contribution in [0.3, 0.4) is 0 Å². The molecule has 106 valence electrons. The molecule has 2 unspecified atom stereocenters. The van der Waals surface area contributed by atoms with Crippen molar-refractivity contribution in [1.82, 2.24) is 5.32 Å². The Balaban J connectivity index is 2.18. The number of methoxy groups -OCH3 is 1. The summed E-state index contributed by atoms with van der Waals surface area (Å²) < 4.78 is 4.81. The van der Waals surface area contributed by atoms with E-state index in [1.165, 1.54) is 39.2 Å². The molecule has 4 heteroatoms. The molecule has 4 nitrogen and oxygen atoms in total. The Morgan fingerprint density at radius 3 is 2.67 bits per heavy atom. The van der Waals surface area contributed by atoms with Crippen molar-refractivity contribution in [1.29, 1.82) is 0 Å². The number of aliphatic hydroxyl groups excluding tert-OH is 1. The van der Waals surface area contributed by atoms with Gasteiger partial charge >= 0.3 is 0 Å². The number of hydrogen-bond acceptors (Lipinski definition) is 3. The normalized spacial score (nSPS) is 20.4. The lowest BCUT2D eigenvalue weighted by molar-refractivity contribution is -0.123. The smallest absolute Gasteiger partial charge is 0.220 e. The maximum absolute atomic E-state index is 11.7. The number of rotatable bonds is 7. The Labute approximate surface area is 110 Å². The fourth-order valence-electron chi connectivity index (χ4n) is 2.72. The van der Waals surface area contributed by atoms with E-state index in [2.05, 4.69) is 12.2 Å². The summed E-state index contributed by atoms with van der Waals surface area (Å²) in [5.41, 5.74) is 0. The molecule has 0 radical (unpaired) electrons. The van der Waals surface area contributed by atoms with E-state index in [9.17, 15) is 9.90 Å². The molecule has 18 heavy (non-hydrogen) atoms. The predicted molar refractivity (Wildman–Crippen MR) is 71.2 cm³/mol. The minimum Gasteiger partial charge on any atom is -0.389 e. The first-order valence-electron chi connectivity index (χ1n) is 7.07. The van der Waals surface area contributed by atoms with Crippen LogP contribution in [0.1, 0.15) is 45.4 Å². The molecule has 0 aromatic rings. The van der Waals surface area contributed by atoms with E-state index in [4.69, 9.17) is 4.74 Å². The van der Waals surface area contributed by atoms with Crippen LogP contribution in [-0.4, -0.2) is 37.4 Å². The van der Waals surface area contributed by atoms with E-state index in [-0.39, 0.29) is 19.1 Å². The highest BCUT2D eigenvalue weighted by Gasteiger charge is 2.22. The van der Waals surface area contributed by atoms with E-state index in [0.717, 1.165) is 0 Å². The Morgan fingerprint density at radius 2 is 2.06 bits per heavy atom. The van der Waals surface area contributed by atoms with Gasteiger partial charge in [-0.25, -0.2) is 0 Å². The van der Waals surface area contributed by atoms with Gasteiger partial charge in [-0.05, 0) is 11.8 Å². The van der Waals surface area contributed by atoms with E-state index >= 15 is 0 Å². The van der Waals surface area contributed by atoms with Gasteiger partial charge in [-0.15, -0.1) is 0 Å². The van der Waals surface area contributed by atoms with Gasteiger partial charge in [0.1, 0.15) is 0 Å². The topological polar surface area (TPSA) is 58.6 Å². The van der Waals surface area contributed by atoms with Gasteiger partial charge in [-0.1, -0.05) is 39.0 Å². The van der Waals surface area contributed by atoms with Crippen molar-refractivity contribution in [3.8, 4) is 0 Å². The first-order chi connectivity index (χ1) is 8.63. The molecule has 0 spiro atoms. The Kier molecular flexibility index (Phi) is 7.28. The van der Waals surface area contributed by atoms with Gasteiger partial charge in [0.25, 0.3) is 0 Å². The third-order valence-corrected chi connectivity index (χ3v) is 3.86. The summed E-state index contributed by atoms with van der Waals surface area (Å²) in [5.74, 6) is 1.20. The van der Waals surface area contributed by atoms with Gasteiger partial charge < -0.3 is 15.2 Å². The average Bonchev–Trinajstić information content (AvgIpc) is 2.38. The summed E-state index contributed by atoms with van der Waals surface area (Å²) in [7, 11) is 1.54. The van der Waals surface area contributed by atoms with Crippen LogP contribution in [0.25, 0.3) is 0 Å². The quantitative estimate of drug-likeness (QED) is 0.730. The number of nitrogens with one attached hydrogen (secondary N) is 1. The number of carbonyl (C=O) groups is 1. The second kappa shape index (κ2) is 8.48. The first kappa shape index (κ1) is 15.4. The van der Waals surface area contributed by atoms with Crippen molar-refractivity contribution in [2.24, 2.45) is 11.8 Å². The fourth-order valence-corrected chi connectivity index (χ4v) is 2.72. The molecule has 1 amide bonds. The Hall–Kier alpha value is -0.610. The molecule has 0 aromatic heterocycles. The molecular weight excluding hydrogens is 230 g/mol. The van der Waals surface area contributed by atoms with E-state index in [1.807, 2.05) is 0 Å². The predicted octanol–water partition coefficient (Wildman–Crippen LogP) is 1.72. The molecule has 1 fully saturated rings. The van der Waals surface area contributed by atoms with Crippen molar-refractivity contribution < 1.29 is 14.6 Å². The summed E-state index contributed by atoms with van der Waals surface area (Å²) in [4.78, 5) is 11.7. The number of aliphatic hydroxyl groups is 1. The lowest BCUT2D eigenvalue weighted by Crippen LogP contribution is -2.35. The molecule has 1 aliphatic rings. The monoisotopic (exact) mass is 257 g/mol. The molecule has 1 rings (SSSR count). The maximum Gasteiger partial charge on any atom is 0.220 e. The summed E-state index contributed by atoms with van der Waals surface area (Å²) in [6.45, 7) is 2.71. The van der Waals surface area contributed by atoms with Crippen molar-refractivity contribution >= 4 is 5.91 Å². The van der Waals surface area contributed by atoms with Gasteiger partial charge in [0.15, 0.2) is 0 Å². The average molecular weight is 257 g/mol. The van der Waals surface area contributed by atoms with Crippen LogP contribution in [0.5, 0.6) is 0 Å². The van der Waals surface area contributed by atoms with Crippen molar-refractivity contribution in [2.45, 2.75) is 51.6 Å². The summed E-state index contributed by atoms with van der Waals surface area (Å²) in [5, 5.41) is 12.2. The molecule has 1 saturated carbocycles. The van der Waals surface area contributed by atoms with E-state index in [1.54, 1.807) is 0 Å². The molecule has 0 heterocycles. The summed E-state index contributed by atoms with van der Waals surface area (Å²) in [6.07, 6.45) is 6.46. The molecule has 0 saturated heterocycles. The molecule has 1 aliphatic carbocycles. The third kappa shape index (κ3) is 5.83. The van der Waals surface area contributed by atoms with Gasteiger partial charge in [-0.3, -0.25) is 4.79 Å². The summed E-state index contributed by atoms with van der Waals surface area (Å²) >= 11 is 0. The van der Waals surface area contributed by atoms with E-state index < -0.39 is 6.10 Å². The number of ether oxygens (including phenoxy) is 1. The zero-order valence-electron chi connectivity index (χ0n) is 11.7. The molecular formula is C14H27NO3. The number of carbonyl (C=O) groups excluding carboxylic acids is 1. The molecule has 2 atom stereocenters. The molecule has 0 aromatic carbocycles. The first-order valence-corrected chi connectivity index (χ1v) is 7.07. The van der Waals surface area contributed by atoms with Gasteiger partial charge in [0, 0.05) is 20.1 Å². The Morgan fingerprint density at radius 1 is 1.39 bits per heavy atom. The van der Waals surface area contributed by atoms with Gasteiger partial charge in [-0.2, -0.15) is 0 Å². The van der Waals surface area contributed by atoms with Crippen molar-refractivity contribution in [3.63, 3.8) is 0 Å². The van der Waals surface area contributed by atoms with Gasteiger partial charge in [0.05, 0.1) is 12.7 Å². The van der Waals surface area contributed by atoms with Crippen LogP contribution in [0.2, 0.25) is 0 Å². The SMILES string of the molecule is COCC(O)CNC(=O)CC(C)C1CCCCC1. The molecule has 0 aliphatic heterocycles. The van der Waals surface area contributed by atoms with Crippen LogP contribution in [0, 0.1) is 11.8 Å². The number of hydrogen-bond donors (Lipinski definition) is 2. The molecule has 0 bridgehead atoms. The second-order valence-corrected chi connectivity index (χ2v) is 5.49. The zero-order valence-corrected chi connectivity index (χ0v) is 11.7. The van der Waals surface area contributed by atoms with Crippen molar-refractivity contribution in [2.75, 3.05) is 20.3 Å². The maximum atomic E-state index is 11.7. The lowest BCUT2D eigenvalue weighted by Gasteiger charge is -2.27. The second-order valence-electron chi connectivity index (χ2n) is 5.49. The summed E-state index contributed by atoms with van der Waals surface area (Å²) in [6, 6.07) is 0. The zero-order chi connectivity index (χ0) is 13.4. The fraction of sp³-hybridized carbons (Fsp3) is 0.929. The Bertz CT molecular complexity index is 239. The molecule has 2 N–H and O–H groups in total. The highest BCUT2D eigenvalue weighted by atomic mass is 16.5. The highest BCUT2D eigenvalue weighted by Crippen LogP contribution is 2.31. The highest BCUT2D eigenvalue weighted by molar-refractivity contribution is 5.76. The minimum atomic E-state index is -0.607. The van der Waals surface area contributed by atoms with Crippen LogP contribution in [0.15, 0.2) is 0 Å². The van der Waals surface area contributed by atoms with Crippen LogP contribution in [-0.2, 0) is 9.53 Å². The van der Waals surface area contributed by atoms with Gasteiger partial charge in [0.2, 0.25) is 5.91 Å².